The predicted molar refractivity (Wildman–Crippen MR) is 83.5 cm³/mol. The van der Waals surface area contributed by atoms with Gasteiger partial charge in [0.2, 0.25) is 0 Å². The average molecular weight is 324 g/mol. The second kappa shape index (κ2) is 9.97. The second-order valence-electron chi connectivity index (χ2n) is 5.34. The predicted octanol–water partition coefficient (Wildman–Crippen LogP) is 1.84. The van der Waals surface area contributed by atoms with Crippen LogP contribution in [0.15, 0.2) is 30.3 Å². The molecule has 0 bridgehead atoms. The van der Waals surface area contributed by atoms with Gasteiger partial charge in [0.05, 0.1) is 18.8 Å². The Morgan fingerprint density at radius 3 is 2.35 bits per heavy atom. The number of ether oxygens (including phenoxy) is 3. The highest BCUT2D eigenvalue weighted by Gasteiger charge is 2.23. The van der Waals surface area contributed by atoms with E-state index in [1.165, 1.54) is 13.8 Å². The van der Waals surface area contributed by atoms with E-state index in [1.54, 1.807) is 6.92 Å². The third-order valence-corrected chi connectivity index (χ3v) is 3.21. The average Bonchev–Trinajstić information content (AvgIpc) is 2.50. The van der Waals surface area contributed by atoms with Crippen LogP contribution in [0.2, 0.25) is 0 Å². The molecule has 0 amide bonds. The zero-order chi connectivity index (χ0) is 17.2. The highest BCUT2D eigenvalue weighted by molar-refractivity contribution is 5.67. The molecule has 0 saturated carbocycles. The number of carbonyl (C=O) groups is 2. The lowest BCUT2D eigenvalue weighted by atomic mass is 10.1. The van der Waals surface area contributed by atoms with Crippen LogP contribution < -0.4 is 0 Å². The maximum Gasteiger partial charge on any atom is 0.303 e. The van der Waals surface area contributed by atoms with Crippen LogP contribution in [-0.4, -0.2) is 42.0 Å². The number of hydrogen-bond acceptors (Lipinski definition) is 6. The summed E-state index contributed by atoms with van der Waals surface area (Å²) >= 11 is 0. The second-order valence-corrected chi connectivity index (χ2v) is 5.34. The number of aliphatic hydroxyl groups is 1. The summed E-state index contributed by atoms with van der Waals surface area (Å²) in [7, 11) is 0. The van der Waals surface area contributed by atoms with E-state index in [-0.39, 0.29) is 13.0 Å². The molecule has 3 unspecified atom stereocenters. The fraction of sp³-hybridized carbons (Fsp3) is 0.529. The largest absolute Gasteiger partial charge is 0.462 e. The van der Waals surface area contributed by atoms with Crippen molar-refractivity contribution < 1.29 is 28.9 Å². The molecule has 0 spiro atoms. The number of benzene rings is 1. The van der Waals surface area contributed by atoms with Crippen LogP contribution in [0, 0.1) is 0 Å². The molecule has 0 heterocycles. The monoisotopic (exact) mass is 324 g/mol. The molecule has 1 aromatic rings. The molecule has 0 fully saturated rings. The Bertz CT molecular complexity index is 487. The van der Waals surface area contributed by atoms with Gasteiger partial charge >= 0.3 is 11.9 Å². The Balaban J connectivity index is 2.46. The molecule has 1 aromatic carbocycles. The number of carbonyl (C=O) groups excluding carboxylic acids is 2. The van der Waals surface area contributed by atoms with Gasteiger partial charge in [-0.15, -0.1) is 0 Å². The topological polar surface area (TPSA) is 82.1 Å². The SMILES string of the molecule is CC(=O)OCC(CC(O)C(C)OCc1ccccc1)OC(C)=O. The molecule has 3 atom stereocenters. The molecule has 0 radical (unpaired) electrons. The van der Waals surface area contributed by atoms with Crippen molar-refractivity contribution in [2.24, 2.45) is 0 Å². The standard InChI is InChI=1S/C17H24O6/c1-12(21-10-15-7-5-4-6-8-15)17(20)9-16(23-14(3)19)11-22-13(2)18/h4-8,12,16-17,20H,9-11H2,1-3H3. The smallest absolute Gasteiger partial charge is 0.303 e. The van der Waals surface area contributed by atoms with Crippen LogP contribution in [0.4, 0.5) is 0 Å². The van der Waals surface area contributed by atoms with E-state index < -0.39 is 30.3 Å². The number of esters is 2. The van der Waals surface area contributed by atoms with Crippen LogP contribution in [0.3, 0.4) is 0 Å². The van der Waals surface area contributed by atoms with Crippen LogP contribution in [0.25, 0.3) is 0 Å². The minimum Gasteiger partial charge on any atom is -0.462 e. The van der Waals surface area contributed by atoms with Crippen LogP contribution >= 0.6 is 0 Å². The summed E-state index contributed by atoms with van der Waals surface area (Å²) in [4.78, 5) is 21.9. The highest BCUT2D eigenvalue weighted by atomic mass is 16.6. The van der Waals surface area contributed by atoms with E-state index >= 15 is 0 Å². The first-order chi connectivity index (χ1) is 10.9. The minimum atomic E-state index is -0.848. The molecule has 6 heteroatoms. The van der Waals surface area contributed by atoms with E-state index in [2.05, 4.69) is 0 Å². The Morgan fingerprint density at radius 2 is 1.78 bits per heavy atom. The van der Waals surface area contributed by atoms with Crippen LogP contribution in [-0.2, 0) is 30.4 Å². The molecular weight excluding hydrogens is 300 g/mol. The van der Waals surface area contributed by atoms with Crippen molar-refractivity contribution in [1.82, 2.24) is 0 Å². The van der Waals surface area contributed by atoms with E-state index in [0.29, 0.717) is 6.61 Å². The zero-order valence-corrected chi connectivity index (χ0v) is 13.7. The van der Waals surface area contributed by atoms with Crippen LogP contribution in [0.5, 0.6) is 0 Å². The molecular formula is C17H24O6. The normalized spacial score (nSPS) is 14.6. The molecule has 0 saturated heterocycles. The lowest BCUT2D eigenvalue weighted by Crippen LogP contribution is -2.34. The zero-order valence-electron chi connectivity index (χ0n) is 13.7. The quantitative estimate of drug-likeness (QED) is 0.698. The van der Waals surface area contributed by atoms with Gasteiger partial charge in [-0.05, 0) is 12.5 Å². The third kappa shape index (κ3) is 8.32. The summed E-state index contributed by atoms with van der Waals surface area (Å²) in [6.07, 6.45) is -1.87. The van der Waals surface area contributed by atoms with E-state index in [4.69, 9.17) is 14.2 Å². The fourth-order valence-corrected chi connectivity index (χ4v) is 1.97. The maximum atomic E-state index is 11.1. The Hall–Kier alpha value is -1.92. The van der Waals surface area contributed by atoms with Gasteiger partial charge in [-0.3, -0.25) is 9.59 Å². The summed E-state index contributed by atoms with van der Waals surface area (Å²) in [5, 5.41) is 10.2. The van der Waals surface area contributed by atoms with E-state index in [1.807, 2.05) is 30.3 Å². The molecule has 128 valence electrons. The summed E-state index contributed by atoms with van der Waals surface area (Å²) < 4.78 is 15.5. The van der Waals surface area contributed by atoms with Gasteiger partial charge in [0.25, 0.3) is 0 Å². The first-order valence-corrected chi connectivity index (χ1v) is 7.52. The molecule has 0 aromatic heterocycles. The van der Waals surface area contributed by atoms with E-state index in [0.717, 1.165) is 5.56 Å². The molecule has 1 N–H and O–H groups in total. The van der Waals surface area contributed by atoms with Crippen molar-refractivity contribution in [3.63, 3.8) is 0 Å². The molecule has 0 aliphatic heterocycles. The number of rotatable bonds is 9. The minimum absolute atomic E-state index is 0.0859. The molecule has 0 aliphatic rings. The summed E-state index contributed by atoms with van der Waals surface area (Å²) in [5.74, 6) is -0.961. The molecule has 6 nitrogen and oxygen atoms in total. The van der Waals surface area contributed by atoms with Gasteiger partial charge in [0.1, 0.15) is 12.7 Å². The van der Waals surface area contributed by atoms with Crippen LogP contribution in [0.1, 0.15) is 32.8 Å². The summed E-state index contributed by atoms with van der Waals surface area (Å²) in [6, 6.07) is 9.61. The Morgan fingerprint density at radius 1 is 1.13 bits per heavy atom. The van der Waals surface area contributed by atoms with Crippen molar-refractivity contribution >= 4 is 11.9 Å². The van der Waals surface area contributed by atoms with Crippen molar-refractivity contribution in [1.29, 1.82) is 0 Å². The van der Waals surface area contributed by atoms with Crippen molar-refractivity contribution in [3.05, 3.63) is 35.9 Å². The lowest BCUT2D eigenvalue weighted by Gasteiger charge is -2.24. The molecule has 1 rings (SSSR count). The summed E-state index contributed by atoms with van der Waals surface area (Å²) in [5.41, 5.74) is 1.00. The number of aliphatic hydroxyl groups excluding tert-OH is 1. The van der Waals surface area contributed by atoms with Gasteiger partial charge < -0.3 is 19.3 Å². The van der Waals surface area contributed by atoms with Crippen molar-refractivity contribution in [3.8, 4) is 0 Å². The Kier molecular flexibility index (Phi) is 8.29. The highest BCUT2D eigenvalue weighted by Crippen LogP contribution is 2.12. The Labute approximate surface area is 136 Å². The summed E-state index contributed by atoms with van der Waals surface area (Å²) in [6.45, 7) is 4.57. The van der Waals surface area contributed by atoms with Gasteiger partial charge in [0.15, 0.2) is 0 Å². The van der Waals surface area contributed by atoms with Gasteiger partial charge in [-0.2, -0.15) is 0 Å². The van der Waals surface area contributed by atoms with Gasteiger partial charge in [0, 0.05) is 20.3 Å². The van der Waals surface area contributed by atoms with Crippen molar-refractivity contribution in [2.75, 3.05) is 6.61 Å². The van der Waals surface area contributed by atoms with Gasteiger partial charge in [-0.1, -0.05) is 30.3 Å². The van der Waals surface area contributed by atoms with Gasteiger partial charge in [-0.25, -0.2) is 0 Å². The van der Waals surface area contributed by atoms with Crippen molar-refractivity contribution in [2.45, 2.75) is 52.1 Å². The maximum absolute atomic E-state index is 11.1. The first-order valence-electron chi connectivity index (χ1n) is 7.52. The number of hydrogen-bond donors (Lipinski definition) is 1. The molecule has 0 aliphatic carbocycles. The first kappa shape index (κ1) is 19.1. The third-order valence-electron chi connectivity index (χ3n) is 3.21. The van der Waals surface area contributed by atoms with E-state index in [9.17, 15) is 14.7 Å². The lowest BCUT2D eigenvalue weighted by molar-refractivity contribution is -0.159. The molecule has 23 heavy (non-hydrogen) atoms. The fourth-order valence-electron chi connectivity index (χ4n) is 1.97.